The molecule has 12 aliphatic heterocycles. The Labute approximate surface area is 845 Å². The van der Waals surface area contributed by atoms with Gasteiger partial charge in [0.05, 0.1) is 78.3 Å². The van der Waals surface area contributed by atoms with Crippen molar-refractivity contribution in [2.75, 3.05) is 66.1 Å². The van der Waals surface area contributed by atoms with Crippen LogP contribution in [0.1, 0.15) is 55.4 Å². The molecule has 0 aromatic heterocycles. The lowest BCUT2D eigenvalue weighted by molar-refractivity contribution is -0.413. The zero-order valence-corrected chi connectivity index (χ0v) is 81.0. The number of rotatable bonds is 38. The van der Waals surface area contributed by atoms with Crippen molar-refractivity contribution in [2.45, 2.75) is 423 Å². The van der Waals surface area contributed by atoms with Crippen molar-refractivity contribution in [3.63, 3.8) is 0 Å². The van der Waals surface area contributed by atoms with E-state index in [0.29, 0.717) is 0 Å². The second kappa shape index (κ2) is 53.4. The van der Waals surface area contributed by atoms with E-state index in [9.17, 15) is 182 Å². The molecule has 36 N–H and O–H groups in total. The molecule has 0 aromatic rings. The Balaban J connectivity index is 0.997. The molecule has 12 fully saturated rings. The summed E-state index contributed by atoms with van der Waals surface area (Å²) in [6, 6.07) is -12.3. The molecule has 0 spiro atoms. The highest BCUT2D eigenvalue weighted by atomic mass is 16.8. The van der Waals surface area contributed by atoms with Gasteiger partial charge in [-0.2, -0.15) is 0 Å². The number of carbonyl (C=O) groups excluding carboxylic acids is 6. The molecule has 0 radical (unpaired) electrons. The lowest BCUT2D eigenvalue weighted by Gasteiger charge is -2.53. The number of aliphatic hydroxyl groups excluding tert-OH is 30. The molecule has 0 aliphatic carbocycles. The Morgan fingerprint density at radius 3 is 0.852 bits per heavy atom. The summed E-state index contributed by atoms with van der Waals surface area (Å²) in [6.07, 6.45) is -119. The Morgan fingerprint density at radius 2 is 0.436 bits per heavy atom. The minimum absolute atomic E-state index is 0.869. The van der Waals surface area contributed by atoms with Crippen molar-refractivity contribution in [2.24, 2.45) is 0 Å². The monoisotopic (exact) mass is 2180 g/mol. The molecular formula is C84H140N6O59. The van der Waals surface area contributed by atoms with Crippen LogP contribution in [0.5, 0.6) is 0 Å². The fraction of sp³-hybridized carbons (Fsp3) is 0.929. The van der Waals surface area contributed by atoms with Gasteiger partial charge in [0.15, 0.2) is 75.5 Å². The van der Waals surface area contributed by atoms with Gasteiger partial charge in [-0.05, 0) is 13.8 Å². The molecule has 60 atom stereocenters. The third kappa shape index (κ3) is 27.5. The summed E-state index contributed by atoms with van der Waals surface area (Å²) in [5, 5.41) is 359. The molecule has 860 valence electrons. The largest absolute Gasteiger partial charge is 0.394 e. The average molecular weight is 2180 g/mol. The topological polar surface area (TPSA) is 994 Å². The number of nitrogens with one attached hydrogen (secondary N) is 6. The van der Waals surface area contributed by atoms with E-state index in [1.54, 1.807) is 0 Å². The maximum absolute atomic E-state index is 13.8. The van der Waals surface area contributed by atoms with Crippen molar-refractivity contribution in [3.05, 3.63) is 0 Å². The SMILES string of the molecule is CC(=O)N[C@@H]1[C@@H](O)[C@H](O[C@@H]2O[C@H](CO)[C@@H](O[C@@H]3O[C@H](CO[C@H]4O[C@H](CO)[C@@H](O)[C@H](O)[C@@H]4O[C@@H]4O[C@H](CO)[C@@H](O)[C@H](O)[C@H]4NC(C)=O)[C@@H](O[C@@H]4O[C@H](CO)[C@@H](O)[C@H](O)[C@H]4NC(C)=O)[C@H](O[C@H]4O[C@H](CO)[C@@H](O[C@@H]5O[C@H](CO)[C@@H](O)[C@H](O[C@@H]6O[C@H](CO)[C@H](O)[C@H](O)[C@H]6O[C@@H]6O[C@@H](C)[C@@H](O)[C@@H](O)[C@@H]6O)[C@H]5NC(C)=O)[C@H](O)[C@@H]4O[C@@H]4O[C@H](CO)[C@@H](O)[C@H](O)[C@H]4NC(C)=O)[C@@H]3O)[C@H](O)[C@H]2NC(C)=O)[C@@H](CO[C@@H]2O[C@@H](C)[C@@H](O)[C@@H](O)[C@@H]2O)O[C@H]1O. The molecule has 12 rings (SSSR count). The van der Waals surface area contributed by atoms with Crippen LogP contribution in [0, 0.1) is 0 Å². The van der Waals surface area contributed by atoms with Gasteiger partial charge in [0.2, 0.25) is 35.4 Å². The molecule has 0 saturated carbocycles. The first-order chi connectivity index (χ1) is 70.4. The Bertz CT molecular complexity index is 4230. The Hall–Kier alpha value is -5.30. The highest BCUT2D eigenvalue weighted by Gasteiger charge is 2.65. The summed E-state index contributed by atoms with van der Waals surface area (Å²) in [4.78, 5) is 79.6. The third-order valence-corrected chi connectivity index (χ3v) is 27.4. The van der Waals surface area contributed by atoms with Crippen LogP contribution in [0.3, 0.4) is 0 Å². The van der Waals surface area contributed by atoms with Crippen LogP contribution < -0.4 is 31.9 Å². The quantitative estimate of drug-likeness (QED) is 0.0273. The minimum Gasteiger partial charge on any atom is -0.394 e. The predicted molar refractivity (Wildman–Crippen MR) is 462 cm³/mol. The van der Waals surface area contributed by atoms with Gasteiger partial charge in [0, 0.05) is 41.5 Å². The van der Waals surface area contributed by atoms with E-state index in [1.165, 1.54) is 13.8 Å². The lowest BCUT2D eigenvalue weighted by atomic mass is 9.93. The van der Waals surface area contributed by atoms with Crippen LogP contribution >= 0.6 is 0 Å². The van der Waals surface area contributed by atoms with Crippen molar-refractivity contribution in [3.8, 4) is 0 Å². The molecule has 149 heavy (non-hydrogen) atoms. The molecule has 12 heterocycles. The van der Waals surface area contributed by atoms with E-state index in [4.69, 9.17) is 109 Å². The predicted octanol–water partition coefficient (Wildman–Crippen LogP) is -24.2. The number of hydrogen-bond donors (Lipinski definition) is 36. The first-order valence-corrected chi connectivity index (χ1v) is 47.9. The van der Waals surface area contributed by atoms with Gasteiger partial charge in [-0.3, -0.25) is 28.8 Å². The van der Waals surface area contributed by atoms with Crippen LogP contribution in [0.25, 0.3) is 0 Å². The van der Waals surface area contributed by atoms with Gasteiger partial charge in [0.1, 0.15) is 280 Å². The first kappa shape index (κ1) is 122. The number of amides is 6. The lowest BCUT2D eigenvalue weighted by Crippen LogP contribution is -2.72. The Kier molecular flexibility index (Phi) is 43.8. The van der Waals surface area contributed by atoms with Gasteiger partial charge in [0.25, 0.3) is 0 Å². The van der Waals surface area contributed by atoms with Crippen LogP contribution in [0.2, 0.25) is 0 Å². The standard InChI is InChI=1S/C84H140N6O59/c1-19-43(105)56(118)60(122)79(129-19)127-17-35-66(54(116)37(73(126)131-35)85-21(3)99)142-77-41(89-25(7)103)55(117)64(33(15-97)138-77)143-81-63(125)69(67(144-74-38(86-22(4)100)51(113)45(107)27(9-91)132-74)36(140-81)18-128-82-70(58(120)48(110)30(12-94)136-82)147-75-39(87-23(5)101)52(114)46(108)28(10-92)133-75)146-84-72(148-76-40(88-24(6)102)53(115)47(109)29(11-93)134-76)62(124)65(34(16-98)139-84)141-78-42(90-26(8)104)68(50(112)32(14-96)135-78)145-83-71(59(121)49(111)31(13-95)137-83)149-80-61(123)57(119)44(106)20(2)130-80/h19-20,27-84,91-98,105-126H,9-18H2,1-8H3,(H,85,99)(H,86,100)(H,87,101)(H,88,102)(H,89,103)(H,90,104)/t19-,20-,27+,28+,29+,30+,31+,32+,33+,34+,35+,36+,37+,38+,39+,40+,41+,42+,43+,44+,45+,46+,47+,48+,49-,50+,51+,52+,53+,54+,55+,56+,57+,58-,59-,60-,61-,62-,63-,64+,65+,66+,67+,68+,69+,70-,71+,72-,73+,74-,75-,76-,77-,78-,79+,80-,81-,82-,83-,84+/m0/s1. The maximum atomic E-state index is 13.8. The van der Waals surface area contributed by atoms with Crippen molar-refractivity contribution in [1.29, 1.82) is 0 Å². The number of ether oxygens (including phenoxy) is 23. The first-order valence-electron chi connectivity index (χ1n) is 47.9. The van der Waals surface area contributed by atoms with Crippen LogP contribution in [-0.4, -0.2) is 623 Å². The molecule has 12 aliphatic rings. The van der Waals surface area contributed by atoms with Gasteiger partial charge >= 0.3 is 0 Å². The summed E-state index contributed by atoms with van der Waals surface area (Å²) >= 11 is 0. The summed E-state index contributed by atoms with van der Waals surface area (Å²) in [5.74, 6) is -6.12. The van der Waals surface area contributed by atoms with E-state index < -0.39 is 470 Å². The summed E-state index contributed by atoms with van der Waals surface area (Å²) < 4.78 is 142. The van der Waals surface area contributed by atoms with E-state index in [0.717, 1.165) is 41.5 Å². The number of aliphatic hydroxyl groups is 30. The van der Waals surface area contributed by atoms with E-state index in [2.05, 4.69) is 31.9 Å². The van der Waals surface area contributed by atoms with Crippen molar-refractivity contribution in [1.82, 2.24) is 31.9 Å². The molecular weight excluding hydrogens is 2040 g/mol. The molecule has 0 bridgehead atoms. The minimum atomic E-state index is -2.93. The van der Waals surface area contributed by atoms with Gasteiger partial charge in [-0.15, -0.1) is 0 Å². The highest BCUT2D eigenvalue weighted by molar-refractivity contribution is 5.75. The van der Waals surface area contributed by atoms with Crippen LogP contribution in [-0.2, 0) is 138 Å². The molecule has 65 heteroatoms. The second-order valence-corrected chi connectivity index (χ2v) is 38.1. The van der Waals surface area contributed by atoms with Gasteiger partial charge in [-0.25, -0.2) is 0 Å². The van der Waals surface area contributed by atoms with Crippen molar-refractivity contribution >= 4 is 35.4 Å². The molecule has 65 nitrogen and oxygen atoms in total. The van der Waals surface area contributed by atoms with Crippen molar-refractivity contribution < 1.29 is 291 Å². The smallest absolute Gasteiger partial charge is 0.217 e. The summed E-state index contributed by atoms with van der Waals surface area (Å²) in [6.45, 7) is -4.58. The zero-order valence-electron chi connectivity index (χ0n) is 81.0. The van der Waals surface area contributed by atoms with E-state index >= 15 is 0 Å². The van der Waals surface area contributed by atoms with Crippen LogP contribution in [0.15, 0.2) is 0 Å². The molecule has 12 saturated heterocycles. The summed E-state index contributed by atoms with van der Waals surface area (Å²) in [5.41, 5.74) is 0. The van der Waals surface area contributed by atoms with E-state index in [-0.39, 0.29) is 0 Å². The summed E-state index contributed by atoms with van der Waals surface area (Å²) in [7, 11) is 0. The number of carbonyl (C=O) groups is 6. The average Bonchev–Trinajstić information content (AvgIpc) is 0.751. The highest BCUT2D eigenvalue weighted by Crippen LogP contribution is 2.44. The normalized spacial score (nSPS) is 49.0. The third-order valence-electron chi connectivity index (χ3n) is 27.4. The molecule has 0 aromatic carbocycles. The maximum Gasteiger partial charge on any atom is 0.217 e. The number of hydrogen-bond acceptors (Lipinski definition) is 59. The Morgan fingerprint density at radius 1 is 0.188 bits per heavy atom. The molecule has 0 unspecified atom stereocenters. The van der Waals surface area contributed by atoms with E-state index in [1.807, 2.05) is 0 Å². The molecule has 6 amide bonds. The fourth-order valence-corrected chi connectivity index (χ4v) is 19.5. The van der Waals surface area contributed by atoms with Gasteiger partial charge < -0.3 is 294 Å². The fourth-order valence-electron chi connectivity index (χ4n) is 19.5. The second-order valence-electron chi connectivity index (χ2n) is 38.1. The van der Waals surface area contributed by atoms with Crippen LogP contribution in [0.4, 0.5) is 0 Å². The van der Waals surface area contributed by atoms with Gasteiger partial charge in [-0.1, -0.05) is 0 Å². The zero-order chi connectivity index (χ0) is 110.